The molecule has 0 spiro atoms. The lowest BCUT2D eigenvalue weighted by Gasteiger charge is -2.41. The standard InChI is InChI=1S/C25H33N7O/c1-2-17-9-10-22-18(14-17)15-21(25(33)26-22)23(31-13-12-30-11-5-8-20(30)16-31)24-27-28-29-32(24)19-6-3-4-7-19/h9-10,14-15,19-20,23H,2-8,11-13,16H2,1H3,(H,26,33)/t20-,23+/m1/s1. The van der Waals surface area contributed by atoms with Crippen molar-refractivity contribution in [3.63, 3.8) is 0 Å². The van der Waals surface area contributed by atoms with Gasteiger partial charge >= 0.3 is 0 Å². The van der Waals surface area contributed by atoms with Gasteiger partial charge in [0.05, 0.1) is 6.04 Å². The average molecular weight is 448 g/mol. The predicted molar refractivity (Wildman–Crippen MR) is 127 cm³/mol. The maximum Gasteiger partial charge on any atom is 0.253 e. The van der Waals surface area contributed by atoms with Gasteiger partial charge < -0.3 is 4.98 Å². The summed E-state index contributed by atoms with van der Waals surface area (Å²) in [5.74, 6) is 0.824. The zero-order valence-electron chi connectivity index (χ0n) is 19.4. The van der Waals surface area contributed by atoms with Gasteiger partial charge in [0, 0.05) is 36.8 Å². The molecule has 1 N–H and O–H groups in total. The first-order valence-corrected chi connectivity index (χ1v) is 12.6. The number of aromatic amines is 1. The van der Waals surface area contributed by atoms with Crippen LogP contribution in [0.3, 0.4) is 0 Å². The SMILES string of the molecule is CCc1ccc2[nH]c(=O)c([C@@H](c3nnnn3C3CCCC3)N3CCN4CCC[C@@H]4C3)cc2c1. The Bertz CT molecular complexity index is 1190. The van der Waals surface area contributed by atoms with E-state index in [4.69, 9.17) is 0 Å². The van der Waals surface area contributed by atoms with E-state index in [1.54, 1.807) is 0 Å². The number of hydrogen-bond acceptors (Lipinski definition) is 6. The van der Waals surface area contributed by atoms with E-state index in [1.165, 1.54) is 37.8 Å². The molecule has 8 heteroatoms. The third-order valence-electron chi connectivity index (χ3n) is 8.06. The largest absolute Gasteiger partial charge is 0.322 e. The van der Waals surface area contributed by atoms with Crippen LogP contribution >= 0.6 is 0 Å². The highest BCUT2D eigenvalue weighted by atomic mass is 16.1. The molecule has 2 atom stereocenters. The summed E-state index contributed by atoms with van der Waals surface area (Å²) in [6.45, 7) is 6.27. The van der Waals surface area contributed by atoms with Crippen molar-refractivity contribution < 1.29 is 0 Å². The van der Waals surface area contributed by atoms with Crippen LogP contribution in [0.15, 0.2) is 29.1 Å². The van der Waals surface area contributed by atoms with Crippen LogP contribution in [0.4, 0.5) is 0 Å². The van der Waals surface area contributed by atoms with Crippen molar-refractivity contribution >= 4 is 10.9 Å². The number of H-pyrrole nitrogens is 1. The molecule has 1 aromatic carbocycles. The molecule has 3 fully saturated rings. The molecular weight excluding hydrogens is 414 g/mol. The first-order chi connectivity index (χ1) is 16.2. The molecular formula is C25H33N7O. The number of rotatable bonds is 5. The minimum atomic E-state index is -0.234. The monoisotopic (exact) mass is 447 g/mol. The summed E-state index contributed by atoms with van der Waals surface area (Å²) in [4.78, 5) is 21.7. The van der Waals surface area contributed by atoms with Crippen LogP contribution in [-0.2, 0) is 6.42 Å². The fraction of sp³-hybridized carbons (Fsp3) is 0.600. The van der Waals surface area contributed by atoms with Crippen molar-refractivity contribution in [2.45, 2.75) is 70.0 Å². The Morgan fingerprint density at radius 1 is 1.06 bits per heavy atom. The number of nitrogens with zero attached hydrogens (tertiary/aromatic N) is 6. The Hall–Kier alpha value is -2.58. The highest BCUT2D eigenvalue weighted by Crippen LogP contribution is 2.35. The maximum atomic E-state index is 13.5. The summed E-state index contributed by atoms with van der Waals surface area (Å²) in [5.41, 5.74) is 2.88. The van der Waals surface area contributed by atoms with Gasteiger partial charge in [0.2, 0.25) is 0 Å². The van der Waals surface area contributed by atoms with Crippen LogP contribution in [0.25, 0.3) is 10.9 Å². The summed E-state index contributed by atoms with van der Waals surface area (Å²) >= 11 is 0. The first-order valence-electron chi connectivity index (χ1n) is 12.6. The molecule has 0 unspecified atom stereocenters. The summed E-state index contributed by atoms with van der Waals surface area (Å²) in [5, 5.41) is 14.2. The summed E-state index contributed by atoms with van der Waals surface area (Å²) in [6, 6.07) is 9.05. The van der Waals surface area contributed by atoms with Gasteiger partial charge in [-0.05, 0) is 78.2 Å². The van der Waals surface area contributed by atoms with Crippen molar-refractivity contribution in [1.29, 1.82) is 0 Å². The maximum absolute atomic E-state index is 13.5. The number of aromatic nitrogens is 5. The number of aryl methyl sites for hydroxylation is 1. The molecule has 4 heterocycles. The van der Waals surface area contributed by atoms with Gasteiger partial charge in [-0.15, -0.1) is 5.10 Å². The molecule has 8 nitrogen and oxygen atoms in total. The van der Waals surface area contributed by atoms with E-state index >= 15 is 0 Å². The van der Waals surface area contributed by atoms with E-state index in [0.29, 0.717) is 12.1 Å². The van der Waals surface area contributed by atoms with Crippen LogP contribution < -0.4 is 5.56 Å². The van der Waals surface area contributed by atoms with Gasteiger partial charge in [0.15, 0.2) is 5.82 Å². The number of nitrogens with one attached hydrogen (secondary N) is 1. The zero-order chi connectivity index (χ0) is 22.4. The number of piperazine rings is 1. The van der Waals surface area contributed by atoms with Crippen LogP contribution in [0.2, 0.25) is 0 Å². The Morgan fingerprint density at radius 2 is 1.91 bits per heavy atom. The molecule has 3 aliphatic rings. The Labute approximate surface area is 194 Å². The summed E-state index contributed by atoms with van der Waals surface area (Å²) < 4.78 is 2.03. The van der Waals surface area contributed by atoms with Gasteiger partial charge in [-0.3, -0.25) is 14.6 Å². The van der Waals surface area contributed by atoms with Crippen molar-refractivity contribution in [2.75, 3.05) is 26.2 Å². The quantitative estimate of drug-likeness (QED) is 0.647. The Morgan fingerprint density at radius 3 is 2.76 bits per heavy atom. The highest BCUT2D eigenvalue weighted by molar-refractivity contribution is 5.80. The van der Waals surface area contributed by atoms with E-state index in [0.717, 1.165) is 61.2 Å². The second-order valence-electron chi connectivity index (χ2n) is 9.98. The minimum absolute atomic E-state index is 0.0356. The Kier molecular flexibility index (Phi) is 5.50. The molecule has 33 heavy (non-hydrogen) atoms. The predicted octanol–water partition coefficient (Wildman–Crippen LogP) is 3.06. The third-order valence-corrected chi connectivity index (χ3v) is 8.06. The molecule has 6 rings (SSSR count). The van der Waals surface area contributed by atoms with Gasteiger partial charge in [-0.1, -0.05) is 25.8 Å². The molecule has 0 radical (unpaired) electrons. The van der Waals surface area contributed by atoms with Gasteiger partial charge in [-0.2, -0.15) is 0 Å². The van der Waals surface area contributed by atoms with E-state index in [2.05, 4.69) is 55.4 Å². The van der Waals surface area contributed by atoms with Crippen LogP contribution in [0, 0.1) is 0 Å². The lowest BCUT2D eigenvalue weighted by molar-refractivity contribution is 0.0783. The van der Waals surface area contributed by atoms with Gasteiger partial charge in [0.1, 0.15) is 6.04 Å². The third kappa shape index (κ3) is 3.79. The second kappa shape index (κ2) is 8.65. The number of fused-ring (bicyclic) bond motifs is 2. The van der Waals surface area contributed by atoms with E-state index in [9.17, 15) is 4.79 Å². The zero-order valence-corrected chi connectivity index (χ0v) is 19.4. The molecule has 0 amide bonds. The molecule has 2 aliphatic heterocycles. The summed E-state index contributed by atoms with van der Waals surface area (Å²) in [7, 11) is 0. The van der Waals surface area contributed by atoms with Crippen molar-refractivity contribution in [2.24, 2.45) is 0 Å². The van der Waals surface area contributed by atoms with Gasteiger partial charge in [-0.25, -0.2) is 4.68 Å². The fourth-order valence-electron chi connectivity index (χ4n) is 6.23. The number of hydrogen-bond donors (Lipinski definition) is 1. The van der Waals surface area contributed by atoms with Crippen molar-refractivity contribution in [1.82, 2.24) is 35.0 Å². The minimum Gasteiger partial charge on any atom is -0.322 e. The first kappa shape index (κ1) is 21.0. The molecule has 1 aliphatic carbocycles. The van der Waals surface area contributed by atoms with Crippen molar-refractivity contribution in [3.8, 4) is 0 Å². The van der Waals surface area contributed by atoms with E-state index in [-0.39, 0.29) is 11.6 Å². The molecule has 1 saturated carbocycles. The Balaban J connectivity index is 1.47. The lowest BCUT2D eigenvalue weighted by Crippen LogP contribution is -2.52. The van der Waals surface area contributed by atoms with Crippen LogP contribution in [0.1, 0.15) is 74.5 Å². The van der Waals surface area contributed by atoms with E-state index < -0.39 is 0 Å². The lowest BCUT2D eigenvalue weighted by atomic mass is 10.00. The highest BCUT2D eigenvalue weighted by Gasteiger charge is 2.38. The van der Waals surface area contributed by atoms with Crippen molar-refractivity contribution in [3.05, 3.63) is 51.6 Å². The molecule has 174 valence electrons. The second-order valence-corrected chi connectivity index (χ2v) is 9.98. The molecule has 3 aromatic rings. The van der Waals surface area contributed by atoms with Gasteiger partial charge in [0.25, 0.3) is 5.56 Å². The summed E-state index contributed by atoms with van der Waals surface area (Å²) in [6.07, 6.45) is 8.10. The molecule has 2 saturated heterocycles. The normalized spacial score (nSPS) is 23.4. The van der Waals surface area contributed by atoms with E-state index in [1.807, 2.05) is 10.7 Å². The number of pyridine rings is 1. The topological polar surface area (TPSA) is 82.9 Å². The molecule has 0 bridgehead atoms. The van der Waals surface area contributed by atoms with Crippen LogP contribution in [0.5, 0.6) is 0 Å². The number of benzene rings is 1. The smallest absolute Gasteiger partial charge is 0.253 e. The fourth-order valence-corrected chi connectivity index (χ4v) is 6.23. The van der Waals surface area contributed by atoms with Crippen LogP contribution in [-0.4, -0.2) is 67.2 Å². The average Bonchev–Trinajstić information content (AvgIpc) is 3.60. The number of tetrazole rings is 1. The molecule has 2 aromatic heterocycles.